The molecular formula is C34H39N7O3. The molecule has 0 aromatic carbocycles. The minimum atomic E-state index is -0.300. The molecule has 2 N–H and O–H groups in total. The van der Waals surface area contributed by atoms with Crippen LogP contribution in [-0.4, -0.2) is 61.7 Å². The highest BCUT2D eigenvalue weighted by Gasteiger charge is 2.32. The zero-order valence-electron chi connectivity index (χ0n) is 25.4. The topological polar surface area (TPSA) is 109 Å². The minimum Gasteiger partial charge on any atom is -0.392 e. The second kappa shape index (κ2) is 11.7. The van der Waals surface area contributed by atoms with E-state index in [1.807, 2.05) is 24.4 Å². The monoisotopic (exact) mass is 593 g/mol. The van der Waals surface area contributed by atoms with Crippen molar-refractivity contribution in [2.75, 3.05) is 36.9 Å². The summed E-state index contributed by atoms with van der Waals surface area (Å²) in [6.07, 6.45) is 11.9. The van der Waals surface area contributed by atoms with E-state index in [-0.39, 0.29) is 18.1 Å². The van der Waals surface area contributed by atoms with Crippen LogP contribution >= 0.6 is 0 Å². The van der Waals surface area contributed by atoms with E-state index in [4.69, 9.17) is 0 Å². The number of pyridine rings is 3. The van der Waals surface area contributed by atoms with Crippen LogP contribution in [0.25, 0.3) is 11.1 Å². The lowest BCUT2D eigenvalue weighted by Gasteiger charge is -2.30. The number of carbonyl (C=O) groups excluding carboxylic acids is 1. The lowest BCUT2D eigenvalue weighted by molar-refractivity contribution is 0.0963. The number of rotatable bonds is 6. The molecule has 0 bridgehead atoms. The van der Waals surface area contributed by atoms with Crippen LogP contribution in [0.5, 0.6) is 0 Å². The van der Waals surface area contributed by atoms with Crippen molar-refractivity contribution in [3.05, 3.63) is 87.4 Å². The number of nitrogens with zero attached hydrogens (tertiary/aromatic N) is 6. The number of anilines is 3. The van der Waals surface area contributed by atoms with Crippen LogP contribution in [0.15, 0.2) is 53.7 Å². The predicted molar refractivity (Wildman–Crippen MR) is 171 cm³/mol. The fourth-order valence-electron chi connectivity index (χ4n) is 7.13. The van der Waals surface area contributed by atoms with Crippen molar-refractivity contribution in [3.63, 3.8) is 0 Å². The van der Waals surface area contributed by atoms with Crippen molar-refractivity contribution in [3.8, 4) is 11.1 Å². The average Bonchev–Trinajstić information content (AvgIpc) is 3.43. The number of aliphatic hydroxyl groups excluding tert-OH is 1. The van der Waals surface area contributed by atoms with Crippen LogP contribution in [0.4, 0.5) is 17.3 Å². The number of carbonyl (C=O) groups is 1. The quantitative estimate of drug-likeness (QED) is 0.345. The average molecular weight is 594 g/mol. The molecule has 1 aliphatic carbocycles. The number of hydrogen-bond acceptors (Lipinski definition) is 7. The summed E-state index contributed by atoms with van der Waals surface area (Å²) < 4.78 is 3.70. The summed E-state index contributed by atoms with van der Waals surface area (Å²) >= 11 is 0. The zero-order chi connectivity index (χ0) is 30.4. The first kappa shape index (κ1) is 28.5. The van der Waals surface area contributed by atoms with Gasteiger partial charge in [0.15, 0.2) is 0 Å². The second-order valence-electron chi connectivity index (χ2n) is 12.4. The predicted octanol–water partition coefficient (Wildman–Crippen LogP) is 4.23. The van der Waals surface area contributed by atoms with Crippen LogP contribution in [0.1, 0.15) is 64.5 Å². The van der Waals surface area contributed by atoms with E-state index in [1.165, 1.54) is 21.4 Å². The third kappa shape index (κ3) is 5.11. The van der Waals surface area contributed by atoms with Gasteiger partial charge in [-0.3, -0.25) is 14.5 Å². The van der Waals surface area contributed by atoms with E-state index in [9.17, 15) is 14.7 Å². The molecule has 3 aliphatic rings. The van der Waals surface area contributed by atoms with Gasteiger partial charge in [-0.15, -0.1) is 0 Å². The van der Waals surface area contributed by atoms with Gasteiger partial charge in [0.05, 0.1) is 6.61 Å². The van der Waals surface area contributed by atoms with E-state index >= 15 is 0 Å². The summed E-state index contributed by atoms with van der Waals surface area (Å²) in [5.41, 5.74) is 6.68. The van der Waals surface area contributed by atoms with Crippen molar-refractivity contribution in [1.29, 1.82) is 0 Å². The van der Waals surface area contributed by atoms with E-state index in [0.29, 0.717) is 47.6 Å². The molecule has 7 rings (SSSR count). The molecule has 0 saturated carbocycles. The number of aromatic nitrogens is 4. The first-order chi connectivity index (χ1) is 21.4. The third-order valence-electron chi connectivity index (χ3n) is 9.60. The van der Waals surface area contributed by atoms with Gasteiger partial charge in [0.25, 0.3) is 11.5 Å². The molecule has 4 aromatic heterocycles. The number of piperidine rings is 1. The summed E-state index contributed by atoms with van der Waals surface area (Å²) in [4.78, 5) is 40.2. The molecule has 0 spiro atoms. The maximum atomic E-state index is 13.8. The van der Waals surface area contributed by atoms with Gasteiger partial charge in [0.2, 0.25) is 0 Å². The summed E-state index contributed by atoms with van der Waals surface area (Å²) in [5, 5.41) is 13.8. The molecule has 2 aliphatic heterocycles. The molecule has 1 fully saturated rings. The largest absolute Gasteiger partial charge is 0.392 e. The fraction of sp³-hybridized carbons (Fsp3) is 0.412. The van der Waals surface area contributed by atoms with Gasteiger partial charge in [0, 0.05) is 55.5 Å². The number of nitrogens with one attached hydrogen (secondary N) is 1. The van der Waals surface area contributed by atoms with Gasteiger partial charge in [-0.1, -0.05) is 6.07 Å². The van der Waals surface area contributed by atoms with Gasteiger partial charge in [0.1, 0.15) is 23.0 Å². The van der Waals surface area contributed by atoms with E-state index in [2.05, 4.69) is 37.9 Å². The highest BCUT2D eigenvalue weighted by molar-refractivity contribution is 6.06. The molecule has 1 amide bonds. The molecule has 10 heteroatoms. The Hall–Kier alpha value is -4.28. The first-order valence-corrected chi connectivity index (χ1v) is 15.7. The van der Waals surface area contributed by atoms with Crippen molar-refractivity contribution in [2.45, 2.75) is 57.6 Å². The Morgan fingerprint density at radius 1 is 0.977 bits per heavy atom. The second-order valence-corrected chi connectivity index (χ2v) is 12.4. The van der Waals surface area contributed by atoms with Crippen molar-refractivity contribution in [1.82, 2.24) is 24.0 Å². The van der Waals surface area contributed by atoms with Crippen LogP contribution in [0.2, 0.25) is 0 Å². The number of amides is 1. The van der Waals surface area contributed by atoms with Crippen LogP contribution in [0, 0.1) is 0 Å². The Kier molecular flexibility index (Phi) is 7.55. The molecule has 0 radical (unpaired) electrons. The Bertz CT molecular complexity index is 1770. The zero-order valence-corrected chi connectivity index (χ0v) is 25.4. The Balaban J connectivity index is 1.18. The Morgan fingerprint density at radius 3 is 2.57 bits per heavy atom. The standard InChI is InChI=1S/C34H39N7O3/c1-38-13-10-22(11-14-38)24-7-8-31(36-19-24)37-28-17-25(20-39(2)33(28)43)26-9-12-35-32(27(26)21-42)41-16-15-40-29-6-4-3-5-23(29)18-30(40)34(41)44/h7-9,12,17-20,22,42H,3-6,10-11,13-16,21H2,1-2H3,(H,36,37). The fourth-order valence-corrected chi connectivity index (χ4v) is 7.13. The number of aryl methyl sites for hydroxylation is 2. The highest BCUT2D eigenvalue weighted by atomic mass is 16.3. The summed E-state index contributed by atoms with van der Waals surface area (Å²) in [6, 6.07) is 9.68. The van der Waals surface area contributed by atoms with Crippen molar-refractivity contribution in [2.24, 2.45) is 7.05 Å². The lowest BCUT2D eigenvalue weighted by atomic mass is 9.91. The third-order valence-corrected chi connectivity index (χ3v) is 9.60. The van der Waals surface area contributed by atoms with Gasteiger partial charge >= 0.3 is 0 Å². The number of fused-ring (bicyclic) bond motifs is 3. The summed E-state index contributed by atoms with van der Waals surface area (Å²) in [7, 11) is 3.86. The molecule has 0 atom stereocenters. The number of hydrogen-bond donors (Lipinski definition) is 2. The van der Waals surface area contributed by atoms with Gasteiger partial charge in [-0.25, -0.2) is 9.97 Å². The maximum absolute atomic E-state index is 13.8. The minimum absolute atomic E-state index is 0.0948. The molecule has 10 nitrogen and oxygen atoms in total. The molecule has 44 heavy (non-hydrogen) atoms. The molecule has 4 aromatic rings. The molecule has 0 unspecified atom stereocenters. The van der Waals surface area contributed by atoms with Gasteiger partial charge in [-0.05, 0) is 106 Å². The van der Waals surface area contributed by atoms with E-state index in [0.717, 1.165) is 62.7 Å². The van der Waals surface area contributed by atoms with Crippen LogP contribution in [-0.2, 0) is 33.0 Å². The van der Waals surface area contributed by atoms with E-state index in [1.54, 1.807) is 30.4 Å². The van der Waals surface area contributed by atoms with Gasteiger partial charge < -0.3 is 24.5 Å². The number of aliphatic hydroxyl groups is 1. The lowest BCUT2D eigenvalue weighted by Crippen LogP contribution is -2.41. The number of likely N-dealkylation sites (tertiary alicyclic amines) is 1. The Morgan fingerprint density at radius 2 is 1.80 bits per heavy atom. The first-order valence-electron chi connectivity index (χ1n) is 15.7. The normalized spacial score (nSPS) is 17.4. The van der Waals surface area contributed by atoms with Crippen molar-refractivity contribution < 1.29 is 9.90 Å². The summed E-state index contributed by atoms with van der Waals surface area (Å²) in [6.45, 7) is 3.05. The molecule has 1 saturated heterocycles. The highest BCUT2D eigenvalue weighted by Crippen LogP contribution is 2.35. The summed E-state index contributed by atoms with van der Waals surface area (Å²) in [5.74, 6) is 1.46. The molecule has 6 heterocycles. The smallest absolute Gasteiger partial charge is 0.276 e. The molecule has 228 valence electrons. The molecular weight excluding hydrogens is 554 g/mol. The van der Waals surface area contributed by atoms with Crippen molar-refractivity contribution >= 4 is 23.2 Å². The Labute approximate surface area is 257 Å². The van der Waals surface area contributed by atoms with Crippen LogP contribution < -0.4 is 15.8 Å². The van der Waals surface area contributed by atoms with Crippen LogP contribution in [0.3, 0.4) is 0 Å². The van der Waals surface area contributed by atoms with E-state index < -0.39 is 0 Å². The van der Waals surface area contributed by atoms with Gasteiger partial charge in [-0.2, -0.15) is 0 Å². The SMILES string of the molecule is CN1CCC(c2ccc(Nc3cc(-c4ccnc(N5CCn6c(cc7c6CCCC7)C5=O)c4CO)cn(C)c3=O)nc2)CC1. The maximum Gasteiger partial charge on any atom is 0.276 e.